The van der Waals surface area contributed by atoms with Crippen molar-refractivity contribution in [3.63, 3.8) is 0 Å². The maximum absolute atomic E-state index is 12.7. The lowest BCUT2D eigenvalue weighted by molar-refractivity contribution is -0.0162. The molecule has 0 radical (unpaired) electrons. The molecule has 0 spiro atoms. The first-order valence-corrected chi connectivity index (χ1v) is 10.5. The Kier molecular flexibility index (Phi) is 4.99. The van der Waals surface area contributed by atoms with Gasteiger partial charge in [-0.25, -0.2) is 13.1 Å². The molecule has 0 aromatic carbocycles. The SMILES string of the molecule is CC(C)n1cc(C2(O)CCCN(S(=O)(=O)CC3CCCC3)C2)nn1. The molecule has 1 aromatic heterocycles. The van der Waals surface area contributed by atoms with E-state index in [4.69, 9.17) is 0 Å². The highest BCUT2D eigenvalue weighted by molar-refractivity contribution is 7.89. The van der Waals surface area contributed by atoms with Gasteiger partial charge in [-0.15, -0.1) is 5.10 Å². The Labute approximate surface area is 144 Å². The second-order valence-corrected chi connectivity index (χ2v) is 9.59. The molecule has 0 bridgehead atoms. The molecule has 1 atom stereocenters. The first kappa shape index (κ1) is 17.8. The molecule has 1 aromatic rings. The normalized spacial score (nSPS) is 27.2. The maximum Gasteiger partial charge on any atom is 0.214 e. The van der Waals surface area contributed by atoms with Crippen molar-refractivity contribution in [3.8, 4) is 0 Å². The van der Waals surface area contributed by atoms with Crippen LogP contribution in [-0.4, -0.2) is 51.7 Å². The van der Waals surface area contributed by atoms with E-state index in [9.17, 15) is 13.5 Å². The molecule has 2 fully saturated rings. The molecule has 136 valence electrons. The molecular formula is C16H28N4O3S. The molecule has 1 saturated heterocycles. The Bertz CT molecular complexity index is 667. The summed E-state index contributed by atoms with van der Waals surface area (Å²) in [6.07, 6.45) is 7.14. The van der Waals surface area contributed by atoms with Crippen molar-refractivity contribution < 1.29 is 13.5 Å². The molecule has 2 heterocycles. The van der Waals surface area contributed by atoms with E-state index in [0.717, 1.165) is 25.7 Å². The summed E-state index contributed by atoms with van der Waals surface area (Å²) in [5.74, 6) is 0.480. The van der Waals surface area contributed by atoms with E-state index in [1.165, 1.54) is 4.31 Å². The molecule has 8 heteroatoms. The van der Waals surface area contributed by atoms with E-state index in [-0.39, 0.29) is 24.3 Å². The van der Waals surface area contributed by atoms with Crippen LogP contribution in [0.25, 0.3) is 0 Å². The molecule has 1 unspecified atom stereocenters. The second-order valence-electron chi connectivity index (χ2n) is 7.58. The first-order valence-electron chi connectivity index (χ1n) is 8.93. The molecule has 7 nitrogen and oxygen atoms in total. The lowest BCUT2D eigenvalue weighted by Gasteiger charge is -2.37. The fourth-order valence-corrected chi connectivity index (χ4v) is 5.72. The Morgan fingerprint density at radius 2 is 2.04 bits per heavy atom. The lowest BCUT2D eigenvalue weighted by Crippen LogP contribution is -2.49. The number of rotatable bonds is 5. The van der Waals surface area contributed by atoms with E-state index in [1.54, 1.807) is 10.9 Å². The van der Waals surface area contributed by atoms with E-state index < -0.39 is 15.6 Å². The van der Waals surface area contributed by atoms with Crippen LogP contribution in [0.2, 0.25) is 0 Å². The topological polar surface area (TPSA) is 88.3 Å². The minimum atomic E-state index is -3.34. The van der Waals surface area contributed by atoms with E-state index in [2.05, 4.69) is 10.3 Å². The fourth-order valence-electron chi connectivity index (χ4n) is 3.77. The molecule has 0 amide bonds. The van der Waals surface area contributed by atoms with Gasteiger partial charge in [0.1, 0.15) is 11.3 Å². The monoisotopic (exact) mass is 356 g/mol. The maximum atomic E-state index is 12.7. The number of β-amino-alcohol motifs (C(OH)–C–C–N with tert-alkyl or cyclic N) is 1. The van der Waals surface area contributed by atoms with Gasteiger partial charge in [-0.2, -0.15) is 4.31 Å². The smallest absolute Gasteiger partial charge is 0.214 e. The van der Waals surface area contributed by atoms with Gasteiger partial charge >= 0.3 is 0 Å². The van der Waals surface area contributed by atoms with Crippen LogP contribution in [0.5, 0.6) is 0 Å². The van der Waals surface area contributed by atoms with Crippen LogP contribution in [-0.2, 0) is 15.6 Å². The Morgan fingerprint density at radius 1 is 1.33 bits per heavy atom. The quantitative estimate of drug-likeness (QED) is 0.867. The highest BCUT2D eigenvalue weighted by Crippen LogP contribution is 2.33. The van der Waals surface area contributed by atoms with Crippen LogP contribution < -0.4 is 0 Å². The molecule has 3 rings (SSSR count). The number of nitrogens with zero attached hydrogens (tertiary/aromatic N) is 4. The molecular weight excluding hydrogens is 328 g/mol. The molecule has 1 aliphatic carbocycles. The first-order chi connectivity index (χ1) is 11.3. The van der Waals surface area contributed by atoms with Gasteiger partial charge in [0.15, 0.2) is 0 Å². The Hall–Kier alpha value is -0.990. The fraction of sp³-hybridized carbons (Fsp3) is 0.875. The molecule has 1 saturated carbocycles. The van der Waals surface area contributed by atoms with Crippen molar-refractivity contribution in [2.45, 2.75) is 64.0 Å². The highest BCUT2D eigenvalue weighted by atomic mass is 32.2. The van der Waals surface area contributed by atoms with E-state index in [1.807, 2.05) is 13.8 Å². The number of aliphatic hydroxyl groups is 1. The summed E-state index contributed by atoms with van der Waals surface area (Å²) >= 11 is 0. The van der Waals surface area contributed by atoms with Gasteiger partial charge in [-0.05, 0) is 45.4 Å². The zero-order valence-electron chi connectivity index (χ0n) is 14.6. The van der Waals surface area contributed by atoms with Crippen LogP contribution in [0.4, 0.5) is 0 Å². The summed E-state index contributed by atoms with van der Waals surface area (Å²) in [7, 11) is -3.34. The Balaban J connectivity index is 1.74. The predicted octanol–water partition coefficient (Wildman–Crippen LogP) is 1.66. The summed E-state index contributed by atoms with van der Waals surface area (Å²) in [5.41, 5.74) is -0.773. The largest absolute Gasteiger partial charge is 0.382 e. The van der Waals surface area contributed by atoms with Gasteiger partial charge in [0.05, 0.1) is 11.9 Å². The Morgan fingerprint density at radius 3 is 2.67 bits per heavy atom. The summed E-state index contributed by atoms with van der Waals surface area (Å²) in [5, 5.41) is 19.1. The van der Waals surface area contributed by atoms with Crippen LogP contribution in [0.15, 0.2) is 6.20 Å². The number of piperidine rings is 1. The summed E-state index contributed by atoms with van der Waals surface area (Å²) in [6, 6.07) is 0.153. The highest BCUT2D eigenvalue weighted by Gasteiger charge is 2.42. The average molecular weight is 356 g/mol. The number of sulfonamides is 1. The van der Waals surface area contributed by atoms with E-state index >= 15 is 0 Å². The average Bonchev–Trinajstić information content (AvgIpc) is 3.18. The van der Waals surface area contributed by atoms with Crippen molar-refractivity contribution in [3.05, 3.63) is 11.9 Å². The van der Waals surface area contributed by atoms with Gasteiger partial charge < -0.3 is 5.11 Å². The summed E-state index contributed by atoms with van der Waals surface area (Å²) in [6.45, 7) is 4.54. The molecule has 1 N–H and O–H groups in total. The van der Waals surface area contributed by atoms with E-state index in [0.29, 0.717) is 25.1 Å². The lowest BCUT2D eigenvalue weighted by atomic mass is 9.91. The third-order valence-corrected chi connectivity index (χ3v) is 7.26. The van der Waals surface area contributed by atoms with Crippen LogP contribution >= 0.6 is 0 Å². The molecule has 1 aliphatic heterocycles. The van der Waals surface area contributed by atoms with Crippen molar-refractivity contribution in [1.82, 2.24) is 19.3 Å². The number of hydrogen-bond donors (Lipinski definition) is 1. The van der Waals surface area contributed by atoms with Crippen LogP contribution in [0.3, 0.4) is 0 Å². The van der Waals surface area contributed by atoms with Crippen molar-refractivity contribution >= 4 is 10.0 Å². The van der Waals surface area contributed by atoms with Crippen molar-refractivity contribution in [2.75, 3.05) is 18.8 Å². The number of aromatic nitrogens is 3. The van der Waals surface area contributed by atoms with Gasteiger partial charge in [-0.1, -0.05) is 18.1 Å². The minimum absolute atomic E-state index is 0.0822. The molecule has 2 aliphatic rings. The predicted molar refractivity (Wildman–Crippen MR) is 90.9 cm³/mol. The van der Waals surface area contributed by atoms with Crippen molar-refractivity contribution in [1.29, 1.82) is 0 Å². The third kappa shape index (κ3) is 3.65. The minimum Gasteiger partial charge on any atom is -0.382 e. The van der Waals surface area contributed by atoms with Gasteiger partial charge in [0.2, 0.25) is 10.0 Å². The third-order valence-electron chi connectivity index (χ3n) is 5.27. The van der Waals surface area contributed by atoms with Gasteiger partial charge in [0, 0.05) is 19.1 Å². The summed E-state index contributed by atoms with van der Waals surface area (Å²) < 4.78 is 28.7. The summed E-state index contributed by atoms with van der Waals surface area (Å²) in [4.78, 5) is 0. The second kappa shape index (κ2) is 6.72. The van der Waals surface area contributed by atoms with Gasteiger partial charge in [-0.3, -0.25) is 0 Å². The zero-order valence-corrected chi connectivity index (χ0v) is 15.4. The zero-order chi connectivity index (χ0) is 17.4. The number of hydrogen-bond acceptors (Lipinski definition) is 5. The standard InChI is InChI=1S/C16H28N4O3S/c1-13(2)20-10-15(17-18-20)16(21)8-5-9-19(12-16)24(22,23)11-14-6-3-4-7-14/h10,13-14,21H,3-9,11-12H2,1-2H3. The van der Waals surface area contributed by atoms with Crippen molar-refractivity contribution in [2.24, 2.45) is 5.92 Å². The van der Waals surface area contributed by atoms with Gasteiger partial charge in [0.25, 0.3) is 0 Å². The van der Waals surface area contributed by atoms with Crippen LogP contribution in [0, 0.1) is 5.92 Å². The van der Waals surface area contributed by atoms with Crippen LogP contribution in [0.1, 0.15) is 64.1 Å². The molecule has 24 heavy (non-hydrogen) atoms.